The standard InChI is InChI=1S/C18H19NO8/c1-19(27)17(25)16(24)9-18(26,11-3-5-13(21)15(23)7-11)8-10-2-4-12(20)14(22)6-10/h2-7,20-23,26-27H,8-9H2,1H3. The van der Waals surface area contributed by atoms with E-state index in [9.17, 15) is 35.1 Å². The van der Waals surface area contributed by atoms with Gasteiger partial charge >= 0.3 is 5.91 Å². The van der Waals surface area contributed by atoms with E-state index in [1.807, 2.05) is 0 Å². The van der Waals surface area contributed by atoms with Gasteiger partial charge in [0.1, 0.15) is 5.60 Å². The van der Waals surface area contributed by atoms with Gasteiger partial charge in [0, 0.05) is 19.9 Å². The lowest BCUT2D eigenvalue weighted by molar-refractivity contribution is -0.167. The Morgan fingerprint density at radius 2 is 1.48 bits per heavy atom. The van der Waals surface area contributed by atoms with E-state index < -0.39 is 41.0 Å². The molecule has 0 heterocycles. The van der Waals surface area contributed by atoms with Gasteiger partial charge in [-0.15, -0.1) is 0 Å². The van der Waals surface area contributed by atoms with E-state index >= 15 is 0 Å². The Morgan fingerprint density at radius 1 is 0.926 bits per heavy atom. The molecule has 27 heavy (non-hydrogen) atoms. The van der Waals surface area contributed by atoms with Crippen molar-refractivity contribution in [3.63, 3.8) is 0 Å². The number of carbonyl (C=O) groups is 2. The summed E-state index contributed by atoms with van der Waals surface area (Å²) in [4.78, 5) is 23.8. The van der Waals surface area contributed by atoms with E-state index in [4.69, 9.17) is 5.21 Å². The molecule has 1 unspecified atom stereocenters. The molecule has 9 heteroatoms. The van der Waals surface area contributed by atoms with Crippen LogP contribution in [0.15, 0.2) is 36.4 Å². The summed E-state index contributed by atoms with van der Waals surface area (Å²) in [5.74, 6) is -4.15. The molecule has 0 spiro atoms. The smallest absolute Gasteiger partial charge is 0.313 e. The SMILES string of the molecule is CN(O)C(=O)C(=O)CC(O)(Cc1ccc(O)c(O)c1)c1ccc(O)c(O)c1. The first kappa shape index (κ1) is 20.0. The Kier molecular flexibility index (Phi) is 5.58. The summed E-state index contributed by atoms with van der Waals surface area (Å²) < 4.78 is 0. The number of phenols is 4. The largest absolute Gasteiger partial charge is 0.504 e. The van der Waals surface area contributed by atoms with Gasteiger partial charge in [-0.05, 0) is 35.4 Å². The van der Waals surface area contributed by atoms with E-state index in [1.54, 1.807) is 0 Å². The molecule has 2 rings (SSSR count). The minimum atomic E-state index is -2.02. The molecule has 0 aliphatic carbocycles. The highest BCUT2D eigenvalue weighted by Gasteiger charge is 2.36. The first-order valence-corrected chi connectivity index (χ1v) is 7.79. The average molecular weight is 377 g/mol. The fourth-order valence-corrected chi connectivity index (χ4v) is 2.62. The topological polar surface area (TPSA) is 159 Å². The van der Waals surface area contributed by atoms with Crippen molar-refractivity contribution in [1.82, 2.24) is 5.06 Å². The molecule has 6 N–H and O–H groups in total. The van der Waals surface area contributed by atoms with Gasteiger partial charge in [0.15, 0.2) is 23.0 Å². The van der Waals surface area contributed by atoms with Gasteiger partial charge in [0.05, 0.1) is 0 Å². The molecule has 2 aromatic carbocycles. The van der Waals surface area contributed by atoms with Gasteiger partial charge in [0.25, 0.3) is 0 Å². The summed E-state index contributed by atoms with van der Waals surface area (Å²) in [6.07, 6.45) is -1.03. The van der Waals surface area contributed by atoms with Crippen LogP contribution in [0.2, 0.25) is 0 Å². The number of hydrogen-bond acceptors (Lipinski definition) is 8. The van der Waals surface area contributed by atoms with Gasteiger partial charge in [-0.25, -0.2) is 5.06 Å². The second-order valence-electron chi connectivity index (χ2n) is 6.16. The molecule has 0 aromatic heterocycles. The normalized spacial score (nSPS) is 13.0. The maximum atomic E-state index is 12.1. The molecule has 0 saturated heterocycles. The molecular weight excluding hydrogens is 358 g/mol. The fraction of sp³-hybridized carbons (Fsp3) is 0.222. The van der Waals surface area contributed by atoms with Crippen LogP contribution in [0.5, 0.6) is 23.0 Å². The zero-order chi connectivity index (χ0) is 20.4. The Hall–Kier alpha value is -3.30. The monoisotopic (exact) mass is 377 g/mol. The lowest BCUT2D eigenvalue weighted by Gasteiger charge is -2.29. The number of Topliss-reactive ketones (excluding diaryl/α,β-unsaturated/α-hetero) is 1. The molecule has 9 nitrogen and oxygen atoms in total. The number of hydroxylamine groups is 2. The van der Waals surface area contributed by atoms with E-state index in [1.165, 1.54) is 24.3 Å². The van der Waals surface area contributed by atoms with Gasteiger partial charge in [-0.2, -0.15) is 0 Å². The quantitative estimate of drug-likeness (QED) is 0.186. The summed E-state index contributed by atoms with van der Waals surface area (Å²) >= 11 is 0. The lowest BCUT2D eigenvalue weighted by atomic mass is 9.82. The van der Waals surface area contributed by atoms with Crippen LogP contribution < -0.4 is 0 Å². The third-order valence-corrected chi connectivity index (χ3v) is 4.03. The number of hydrogen-bond donors (Lipinski definition) is 6. The van der Waals surface area contributed by atoms with Gasteiger partial charge in [0.2, 0.25) is 5.78 Å². The molecule has 0 aliphatic heterocycles. The number of likely N-dealkylation sites (N-methyl/N-ethyl adjacent to an activating group) is 1. The molecule has 144 valence electrons. The molecule has 1 atom stereocenters. The van der Waals surface area contributed by atoms with Crippen LogP contribution in [-0.2, 0) is 21.6 Å². The Labute approximate surface area is 153 Å². The third-order valence-electron chi connectivity index (χ3n) is 4.03. The maximum absolute atomic E-state index is 12.1. The van der Waals surface area contributed by atoms with Gasteiger partial charge in [-0.1, -0.05) is 12.1 Å². The summed E-state index contributed by atoms with van der Waals surface area (Å²) in [5.41, 5.74) is -1.68. The van der Waals surface area contributed by atoms with Crippen LogP contribution in [0.1, 0.15) is 17.5 Å². The van der Waals surface area contributed by atoms with Crippen LogP contribution in [0.25, 0.3) is 0 Å². The Bertz CT molecular complexity index is 880. The number of aromatic hydroxyl groups is 4. The molecule has 0 radical (unpaired) electrons. The second kappa shape index (κ2) is 7.52. The highest BCUT2D eigenvalue weighted by molar-refractivity contribution is 6.35. The summed E-state index contributed by atoms with van der Waals surface area (Å²) in [6, 6.07) is 7.16. The van der Waals surface area contributed by atoms with Crippen molar-refractivity contribution < 1.29 is 40.3 Å². The van der Waals surface area contributed by atoms with E-state index in [2.05, 4.69) is 0 Å². The van der Waals surface area contributed by atoms with Crippen molar-refractivity contribution in [2.24, 2.45) is 0 Å². The lowest BCUT2D eigenvalue weighted by Crippen LogP contribution is -2.38. The summed E-state index contributed by atoms with van der Waals surface area (Å²) in [5, 5.41) is 58.5. The predicted molar refractivity (Wildman–Crippen MR) is 91.3 cm³/mol. The molecule has 0 bridgehead atoms. The van der Waals surface area contributed by atoms with Crippen molar-refractivity contribution in [2.75, 3.05) is 7.05 Å². The minimum absolute atomic E-state index is 0.0205. The number of phenolic OH excluding ortho intramolecular Hbond substituents is 4. The average Bonchev–Trinajstić information content (AvgIpc) is 2.59. The Balaban J connectivity index is 2.46. The molecule has 2 aromatic rings. The van der Waals surface area contributed by atoms with E-state index in [0.29, 0.717) is 5.56 Å². The summed E-state index contributed by atoms with van der Waals surface area (Å²) in [6.45, 7) is 0. The van der Waals surface area contributed by atoms with E-state index in [-0.39, 0.29) is 22.8 Å². The number of benzene rings is 2. The van der Waals surface area contributed by atoms with Crippen molar-refractivity contribution in [3.8, 4) is 23.0 Å². The number of rotatable bonds is 6. The number of nitrogens with zero attached hydrogens (tertiary/aromatic N) is 1. The highest BCUT2D eigenvalue weighted by Crippen LogP contribution is 2.36. The molecular formula is C18H19NO8. The van der Waals surface area contributed by atoms with Crippen molar-refractivity contribution in [1.29, 1.82) is 0 Å². The first-order chi connectivity index (χ1) is 12.5. The molecule has 1 amide bonds. The second-order valence-corrected chi connectivity index (χ2v) is 6.16. The molecule has 0 aliphatic rings. The van der Waals surface area contributed by atoms with Gasteiger partial charge in [-0.3, -0.25) is 14.8 Å². The van der Waals surface area contributed by atoms with E-state index in [0.717, 1.165) is 19.2 Å². The van der Waals surface area contributed by atoms with Crippen molar-refractivity contribution >= 4 is 11.7 Å². The fourth-order valence-electron chi connectivity index (χ4n) is 2.62. The van der Waals surface area contributed by atoms with Crippen LogP contribution >= 0.6 is 0 Å². The van der Waals surface area contributed by atoms with Crippen LogP contribution in [-0.4, -0.2) is 54.5 Å². The predicted octanol–water partition coefficient (Wildman–Crippen LogP) is 0.746. The first-order valence-electron chi connectivity index (χ1n) is 7.79. The van der Waals surface area contributed by atoms with Crippen LogP contribution in [0.4, 0.5) is 0 Å². The number of aliphatic hydroxyl groups is 1. The molecule has 0 saturated carbocycles. The van der Waals surface area contributed by atoms with Crippen LogP contribution in [0, 0.1) is 0 Å². The number of carbonyl (C=O) groups excluding carboxylic acids is 2. The minimum Gasteiger partial charge on any atom is -0.504 e. The zero-order valence-corrected chi connectivity index (χ0v) is 14.3. The Morgan fingerprint density at radius 3 is 2.00 bits per heavy atom. The van der Waals surface area contributed by atoms with Gasteiger partial charge < -0.3 is 25.5 Å². The van der Waals surface area contributed by atoms with Crippen LogP contribution in [0.3, 0.4) is 0 Å². The summed E-state index contributed by atoms with van der Waals surface area (Å²) in [7, 11) is 0.962. The van der Waals surface area contributed by atoms with Crippen molar-refractivity contribution in [2.45, 2.75) is 18.4 Å². The van der Waals surface area contributed by atoms with Crippen molar-refractivity contribution in [3.05, 3.63) is 47.5 Å². The maximum Gasteiger partial charge on any atom is 0.313 e. The molecule has 0 fully saturated rings. The highest BCUT2D eigenvalue weighted by atomic mass is 16.5. The number of ketones is 1. The number of amides is 1. The zero-order valence-electron chi connectivity index (χ0n) is 14.3. The third kappa shape index (κ3) is 4.46.